The van der Waals surface area contributed by atoms with Crippen molar-refractivity contribution in [1.29, 1.82) is 0 Å². The summed E-state index contributed by atoms with van der Waals surface area (Å²) in [5.74, 6) is 0. The van der Waals surface area contributed by atoms with E-state index >= 15 is 0 Å². The van der Waals surface area contributed by atoms with Crippen LogP contribution in [-0.2, 0) is 6.42 Å². The van der Waals surface area contributed by atoms with Gasteiger partial charge in [-0.25, -0.2) is 4.98 Å². The lowest BCUT2D eigenvalue weighted by molar-refractivity contribution is 0.0735. The van der Waals surface area contributed by atoms with E-state index in [1.165, 1.54) is 0 Å². The van der Waals surface area contributed by atoms with Gasteiger partial charge in [0.05, 0.1) is 40.6 Å². The maximum absolute atomic E-state index is 13.6. The second-order valence-electron chi connectivity index (χ2n) is 9.62. The Balaban J connectivity index is 1.42. The summed E-state index contributed by atoms with van der Waals surface area (Å²) in [5.41, 5.74) is 6.15. The Morgan fingerprint density at radius 3 is 2.61 bits per heavy atom. The van der Waals surface area contributed by atoms with Gasteiger partial charge in [0.25, 0.3) is 5.56 Å². The first-order valence-corrected chi connectivity index (χ1v) is 12.4. The van der Waals surface area contributed by atoms with Gasteiger partial charge in [0.15, 0.2) is 0 Å². The van der Waals surface area contributed by atoms with Gasteiger partial charge in [-0.2, -0.15) is 0 Å². The number of aryl methyl sites for hydroxylation is 1. The molecule has 7 heteroatoms. The van der Waals surface area contributed by atoms with Gasteiger partial charge in [-0.15, -0.1) is 0 Å². The van der Waals surface area contributed by atoms with Crippen LogP contribution in [0.5, 0.6) is 0 Å². The van der Waals surface area contributed by atoms with Crippen molar-refractivity contribution in [2.75, 3.05) is 0 Å². The largest absolute Gasteiger partial charge is 0.391 e. The molecule has 0 radical (unpaired) electrons. The molecule has 1 fully saturated rings. The molecule has 0 unspecified atom stereocenters. The summed E-state index contributed by atoms with van der Waals surface area (Å²) in [6.45, 7) is 1.96. The Labute approximate surface area is 208 Å². The summed E-state index contributed by atoms with van der Waals surface area (Å²) in [6, 6.07) is 13.6. The van der Waals surface area contributed by atoms with E-state index in [1.54, 1.807) is 17.1 Å². The fourth-order valence-electron chi connectivity index (χ4n) is 5.25. The molecule has 0 spiro atoms. The van der Waals surface area contributed by atoms with Crippen LogP contribution >= 0.6 is 0 Å². The number of aromatic nitrogens is 5. The summed E-state index contributed by atoms with van der Waals surface area (Å²) in [5, 5.41) is 12.0. The number of hydrogen-bond donors (Lipinski definition) is 1. The minimum absolute atomic E-state index is 0.113. The monoisotopic (exact) mass is 477 g/mol. The predicted molar refractivity (Wildman–Crippen MR) is 140 cm³/mol. The van der Waals surface area contributed by atoms with E-state index in [1.807, 2.05) is 55.7 Å². The molecule has 2 atom stereocenters. The minimum Gasteiger partial charge on any atom is -0.391 e. The molecule has 4 aromatic heterocycles. The maximum Gasteiger partial charge on any atom is 0.261 e. The highest BCUT2D eigenvalue weighted by Gasteiger charge is 2.26. The molecule has 5 aromatic rings. The second-order valence-corrected chi connectivity index (χ2v) is 9.62. The quantitative estimate of drug-likeness (QED) is 0.375. The number of rotatable bonds is 4. The van der Waals surface area contributed by atoms with E-state index in [0.29, 0.717) is 23.7 Å². The second kappa shape index (κ2) is 9.24. The molecule has 1 aromatic carbocycles. The van der Waals surface area contributed by atoms with Crippen LogP contribution in [0.15, 0.2) is 72.2 Å². The van der Waals surface area contributed by atoms with Crippen LogP contribution in [0.1, 0.15) is 48.5 Å². The predicted octanol–water partition coefficient (Wildman–Crippen LogP) is 4.78. The molecule has 1 aliphatic carbocycles. The van der Waals surface area contributed by atoms with E-state index in [2.05, 4.69) is 26.0 Å². The Morgan fingerprint density at radius 2 is 1.83 bits per heavy atom. The van der Waals surface area contributed by atoms with Crippen LogP contribution in [0, 0.1) is 6.92 Å². The summed E-state index contributed by atoms with van der Waals surface area (Å²) >= 11 is 0. The molecule has 0 bridgehead atoms. The third kappa shape index (κ3) is 4.05. The SMILES string of the molecule is Cc1ccc(-c2ccc(Cc3cc4c(=O)n([C@H]5CCCC[C@@H]5O)cnc4c4cccnc34)cn2)cn1. The molecule has 0 amide bonds. The Bertz CT molecular complexity index is 1610. The zero-order valence-corrected chi connectivity index (χ0v) is 20.1. The van der Waals surface area contributed by atoms with Crippen LogP contribution in [-0.4, -0.2) is 35.7 Å². The Morgan fingerprint density at radius 1 is 0.944 bits per heavy atom. The van der Waals surface area contributed by atoms with Crippen molar-refractivity contribution in [1.82, 2.24) is 24.5 Å². The number of nitrogens with zero attached hydrogens (tertiary/aromatic N) is 5. The first kappa shape index (κ1) is 22.5. The molecule has 7 nitrogen and oxygen atoms in total. The van der Waals surface area contributed by atoms with Crippen LogP contribution < -0.4 is 5.56 Å². The van der Waals surface area contributed by atoms with Crippen molar-refractivity contribution < 1.29 is 5.11 Å². The fraction of sp³-hybridized carbons (Fsp3) is 0.276. The lowest BCUT2D eigenvalue weighted by Gasteiger charge is -2.29. The molecule has 1 N–H and O–H groups in total. The van der Waals surface area contributed by atoms with Gasteiger partial charge in [0.2, 0.25) is 0 Å². The average Bonchev–Trinajstić information content (AvgIpc) is 2.91. The lowest BCUT2D eigenvalue weighted by Crippen LogP contribution is -2.34. The molecular formula is C29H27N5O2. The Hall–Kier alpha value is -3.97. The van der Waals surface area contributed by atoms with Crippen molar-refractivity contribution >= 4 is 21.8 Å². The number of aliphatic hydroxyl groups is 1. The topological polar surface area (TPSA) is 93.8 Å². The first-order valence-electron chi connectivity index (χ1n) is 12.4. The van der Waals surface area contributed by atoms with E-state index in [-0.39, 0.29) is 11.6 Å². The van der Waals surface area contributed by atoms with Gasteiger partial charge in [-0.05, 0) is 67.3 Å². The molecule has 180 valence electrons. The molecule has 0 saturated heterocycles. The average molecular weight is 478 g/mol. The van der Waals surface area contributed by atoms with Crippen LogP contribution in [0.25, 0.3) is 33.1 Å². The van der Waals surface area contributed by atoms with Crippen LogP contribution in [0.4, 0.5) is 0 Å². The van der Waals surface area contributed by atoms with Crippen molar-refractivity contribution in [2.45, 2.75) is 51.2 Å². The summed E-state index contributed by atoms with van der Waals surface area (Å²) in [4.78, 5) is 31.9. The van der Waals surface area contributed by atoms with Gasteiger partial charge in [0.1, 0.15) is 0 Å². The molecule has 6 rings (SSSR count). The normalized spacial score (nSPS) is 18.1. The highest BCUT2D eigenvalue weighted by Crippen LogP contribution is 2.30. The van der Waals surface area contributed by atoms with Gasteiger partial charge < -0.3 is 5.11 Å². The van der Waals surface area contributed by atoms with Crippen LogP contribution in [0.2, 0.25) is 0 Å². The molecule has 4 heterocycles. The van der Waals surface area contributed by atoms with Gasteiger partial charge in [0, 0.05) is 41.7 Å². The summed E-state index contributed by atoms with van der Waals surface area (Å²) in [7, 11) is 0. The van der Waals surface area contributed by atoms with Crippen LogP contribution in [0.3, 0.4) is 0 Å². The number of benzene rings is 1. The molecule has 36 heavy (non-hydrogen) atoms. The van der Waals surface area contributed by atoms with Crippen molar-refractivity contribution in [2.24, 2.45) is 0 Å². The van der Waals surface area contributed by atoms with Gasteiger partial charge in [-0.3, -0.25) is 24.3 Å². The molecule has 1 saturated carbocycles. The van der Waals surface area contributed by atoms with Crippen molar-refractivity contribution in [3.05, 3.63) is 94.6 Å². The number of pyridine rings is 3. The molecular weight excluding hydrogens is 450 g/mol. The van der Waals surface area contributed by atoms with E-state index in [4.69, 9.17) is 0 Å². The van der Waals surface area contributed by atoms with E-state index in [9.17, 15) is 9.90 Å². The lowest BCUT2D eigenvalue weighted by atomic mass is 9.92. The highest BCUT2D eigenvalue weighted by atomic mass is 16.3. The third-order valence-corrected chi connectivity index (χ3v) is 7.19. The third-order valence-electron chi connectivity index (χ3n) is 7.19. The fourth-order valence-corrected chi connectivity index (χ4v) is 5.25. The van der Waals surface area contributed by atoms with Gasteiger partial charge in [-0.1, -0.05) is 18.9 Å². The standard InChI is InChI=1S/C29H27N5O2/c1-18-8-10-20(16-31-18)24-11-9-19(15-32-24)13-21-14-23-28(22-5-4-12-30-27(21)22)33-17-34(29(23)36)25-6-2-3-7-26(25)35/h4-5,8-12,14-17,25-26,35H,2-3,6-7,13H2,1H3/t25-,26-/m0/s1. The number of aliphatic hydroxyl groups excluding tert-OH is 1. The smallest absolute Gasteiger partial charge is 0.261 e. The Kier molecular flexibility index (Phi) is 5.77. The van der Waals surface area contributed by atoms with Crippen molar-refractivity contribution in [3.63, 3.8) is 0 Å². The zero-order valence-electron chi connectivity index (χ0n) is 20.1. The van der Waals surface area contributed by atoms with Crippen molar-refractivity contribution in [3.8, 4) is 11.3 Å². The molecule has 1 aliphatic rings. The van der Waals surface area contributed by atoms with E-state index in [0.717, 1.165) is 58.2 Å². The van der Waals surface area contributed by atoms with Gasteiger partial charge >= 0.3 is 0 Å². The summed E-state index contributed by atoms with van der Waals surface area (Å²) in [6.07, 6.45) is 10.6. The molecule has 0 aliphatic heterocycles. The summed E-state index contributed by atoms with van der Waals surface area (Å²) < 4.78 is 1.63. The number of fused-ring (bicyclic) bond motifs is 3. The van der Waals surface area contributed by atoms with E-state index < -0.39 is 6.10 Å². The number of hydrogen-bond acceptors (Lipinski definition) is 6. The highest BCUT2D eigenvalue weighted by molar-refractivity contribution is 6.04. The maximum atomic E-state index is 13.6. The minimum atomic E-state index is -0.523. The first-order chi connectivity index (χ1) is 17.6. The zero-order chi connectivity index (χ0) is 24.6.